The molecule has 0 saturated heterocycles. The lowest BCUT2D eigenvalue weighted by Gasteiger charge is -2.07. The predicted molar refractivity (Wildman–Crippen MR) is 62.5 cm³/mol. The molecule has 1 amide bonds. The fraction of sp³-hybridized carbons (Fsp3) is 0.417. The molecular formula is C12H16FNO3. The first-order valence-corrected chi connectivity index (χ1v) is 5.26. The highest BCUT2D eigenvalue weighted by Gasteiger charge is 2.06. The van der Waals surface area contributed by atoms with E-state index in [0.29, 0.717) is 13.2 Å². The summed E-state index contributed by atoms with van der Waals surface area (Å²) in [5.74, 6) is -0.834. The first-order chi connectivity index (χ1) is 8.13. The molecule has 0 bridgehead atoms. The molecule has 4 nitrogen and oxygen atoms in total. The Hall–Kier alpha value is -1.46. The van der Waals surface area contributed by atoms with Crippen LogP contribution in [0.1, 0.15) is 5.56 Å². The summed E-state index contributed by atoms with van der Waals surface area (Å²) in [5, 5.41) is 2.43. The van der Waals surface area contributed by atoms with Gasteiger partial charge < -0.3 is 14.8 Å². The quantitative estimate of drug-likeness (QED) is 0.772. The molecular weight excluding hydrogens is 225 g/mol. The number of carbonyl (C=O) groups excluding carboxylic acids is 1. The zero-order valence-electron chi connectivity index (χ0n) is 9.96. The average Bonchev–Trinajstić information content (AvgIpc) is 2.28. The number of halogens is 1. The Labute approximate surface area is 99.7 Å². The maximum Gasteiger partial charge on any atom is 0.250 e. The maximum atomic E-state index is 13.4. The molecule has 0 saturated carbocycles. The van der Waals surface area contributed by atoms with Crippen LogP contribution in [-0.4, -0.2) is 32.8 Å². The van der Waals surface area contributed by atoms with Crippen molar-refractivity contribution in [1.82, 2.24) is 0 Å². The Morgan fingerprint density at radius 2 is 2.18 bits per heavy atom. The van der Waals surface area contributed by atoms with E-state index < -0.39 is 5.82 Å². The predicted octanol–water partition coefficient (Wildman–Crippen LogP) is 1.74. The van der Waals surface area contributed by atoms with Gasteiger partial charge in [0.1, 0.15) is 12.4 Å². The molecule has 0 aliphatic carbocycles. The van der Waals surface area contributed by atoms with E-state index in [1.165, 1.54) is 12.1 Å². The summed E-state index contributed by atoms with van der Waals surface area (Å²) in [6.45, 7) is 2.42. The second-order valence-corrected chi connectivity index (χ2v) is 3.58. The van der Waals surface area contributed by atoms with Gasteiger partial charge in [-0.3, -0.25) is 4.79 Å². The molecule has 0 heterocycles. The van der Waals surface area contributed by atoms with E-state index in [0.717, 1.165) is 5.56 Å². The highest BCUT2D eigenvalue weighted by molar-refractivity contribution is 5.91. The zero-order valence-corrected chi connectivity index (χ0v) is 9.96. The number of methoxy groups -OCH3 is 1. The van der Waals surface area contributed by atoms with Crippen molar-refractivity contribution in [3.63, 3.8) is 0 Å². The average molecular weight is 241 g/mol. The van der Waals surface area contributed by atoms with Crippen LogP contribution < -0.4 is 5.32 Å². The van der Waals surface area contributed by atoms with Crippen molar-refractivity contribution in [3.05, 3.63) is 29.6 Å². The van der Waals surface area contributed by atoms with Crippen molar-refractivity contribution >= 4 is 11.6 Å². The lowest BCUT2D eigenvalue weighted by molar-refractivity contribution is -0.121. The third-order valence-electron chi connectivity index (χ3n) is 2.06. The number of ether oxygens (including phenoxy) is 2. The summed E-state index contributed by atoms with van der Waals surface area (Å²) in [5.41, 5.74) is 0.966. The number of rotatable bonds is 6. The van der Waals surface area contributed by atoms with Crippen LogP contribution in [0.15, 0.2) is 18.2 Å². The largest absolute Gasteiger partial charge is 0.382 e. The van der Waals surface area contributed by atoms with Gasteiger partial charge in [0.05, 0.1) is 18.9 Å². The molecule has 94 valence electrons. The summed E-state index contributed by atoms with van der Waals surface area (Å²) < 4.78 is 23.1. The van der Waals surface area contributed by atoms with Crippen LogP contribution in [0.2, 0.25) is 0 Å². The van der Waals surface area contributed by atoms with Crippen LogP contribution in [-0.2, 0) is 14.3 Å². The van der Waals surface area contributed by atoms with Gasteiger partial charge in [0.2, 0.25) is 5.91 Å². The molecule has 17 heavy (non-hydrogen) atoms. The summed E-state index contributed by atoms with van der Waals surface area (Å²) in [7, 11) is 1.55. The standard InChI is InChI=1S/C12H16FNO3/c1-9-3-4-11(10(13)7-9)14-12(15)8-17-6-5-16-2/h3-4,7H,5-6,8H2,1-2H3,(H,14,15). The second-order valence-electron chi connectivity index (χ2n) is 3.58. The third-order valence-corrected chi connectivity index (χ3v) is 2.06. The number of anilines is 1. The van der Waals surface area contributed by atoms with Crippen molar-refractivity contribution < 1.29 is 18.7 Å². The van der Waals surface area contributed by atoms with Crippen molar-refractivity contribution in [1.29, 1.82) is 0 Å². The number of nitrogens with one attached hydrogen (secondary N) is 1. The Morgan fingerprint density at radius 3 is 2.82 bits per heavy atom. The molecule has 0 aromatic heterocycles. The SMILES string of the molecule is COCCOCC(=O)Nc1ccc(C)cc1F. The van der Waals surface area contributed by atoms with Crippen LogP contribution in [0.3, 0.4) is 0 Å². The minimum absolute atomic E-state index is 0.114. The van der Waals surface area contributed by atoms with Crippen molar-refractivity contribution in [2.24, 2.45) is 0 Å². The van der Waals surface area contributed by atoms with Crippen LogP contribution >= 0.6 is 0 Å². The van der Waals surface area contributed by atoms with E-state index in [-0.39, 0.29) is 18.2 Å². The Balaban J connectivity index is 2.40. The molecule has 0 aliphatic heterocycles. The molecule has 0 atom stereocenters. The molecule has 1 N–H and O–H groups in total. The fourth-order valence-electron chi connectivity index (χ4n) is 1.21. The number of benzene rings is 1. The molecule has 0 fully saturated rings. The van der Waals surface area contributed by atoms with Gasteiger partial charge in [-0.2, -0.15) is 0 Å². The number of hydrogen-bond donors (Lipinski definition) is 1. The molecule has 1 aromatic carbocycles. The van der Waals surface area contributed by atoms with Crippen LogP contribution in [0.25, 0.3) is 0 Å². The molecule has 0 radical (unpaired) electrons. The molecule has 0 spiro atoms. The van der Waals surface area contributed by atoms with E-state index in [1.807, 2.05) is 0 Å². The molecule has 1 aromatic rings. The summed E-state index contributed by atoms with van der Waals surface area (Å²) in [4.78, 5) is 11.4. The monoisotopic (exact) mass is 241 g/mol. The number of aryl methyl sites for hydroxylation is 1. The Morgan fingerprint density at radius 1 is 1.41 bits per heavy atom. The van der Waals surface area contributed by atoms with E-state index in [4.69, 9.17) is 9.47 Å². The molecule has 1 rings (SSSR count). The maximum absolute atomic E-state index is 13.4. The number of amides is 1. The molecule has 0 aliphatic rings. The first-order valence-electron chi connectivity index (χ1n) is 5.26. The van der Waals surface area contributed by atoms with Gasteiger partial charge in [-0.15, -0.1) is 0 Å². The van der Waals surface area contributed by atoms with E-state index >= 15 is 0 Å². The summed E-state index contributed by atoms with van der Waals surface area (Å²) in [6, 6.07) is 4.61. The second kappa shape index (κ2) is 6.98. The highest BCUT2D eigenvalue weighted by Crippen LogP contribution is 2.14. The molecule has 0 unspecified atom stereocenters. The van der Waals surface area contributed by atoms with E-state index in [2.05, 4.69) is 5.32 Å². The fourth-order valence-corrected chi connectivity index (χ4v) is 1.21. The minimum atomic E-state index is -0.449. The van der Waals surface area contributed by atoms with Gasteiger partial charge in [0.25, 0.3) is 0 Å². The smallest absolute Gasteiger partial charge is 0.250 e. The lowest BCUT2D eigenvalue weighted by atomic mass is 10.2. The van der Waals surface area contributed by atoms with Gasteiger partial charge in [0.15, 0.2) is 0 Å². The van der Waals surface area contributed by atoms with Gasteiger partial charge in [0, 0.05) is 7.11 Å². The molecule has 5 heteroatoms. The third kappa shape index (κ3) is 4.93. The van der Waals surface area contributed by atoms with Crippen molar-refractivity contribution in [3.8, 4) is 0 Å². The number of carbonyl (C=O) groups is 1. The van der Waals surface area contributed by atoms with Gasteiger partial charge in [-0.25, -0.2) is 4.39 Å². The van der Waals surface area contributed by atoms with Gasteiger partial charge in [-0.05, 0) is 24.6 Å². The summed E-state index contributed by atoms with van der Waals surface area (Å²) >= 11 is 0. The van der Waals surface area contributed by atoms with Crippen LogP contribution in [0.5, 0.6) is 0 Å². The number of hydrogen-bond acceptors (Lipinski definition) is 3. The van der Waals surface area contributed by atoms with E-state index in [9.17, 15) is 9.18 Å². The Kier molecular flexibility index (Phi) is 5.59. The van der Waals surface area contributed by atoms with Crippen LogP contribution in [0, 0.1) is 12.7 Å². The van der Waals surface area contributed by atoms with Crippen LogP contribution in [0.4, 0.5) is 10.1 Å². The van der Waals surface area contributed by atoms with E-state index in [1.54, 1.807) is 20.1 Å². The van der Waals surface area contributed by atoms with Crippen molar-refractivity contribution in [2.75, 3.05) is 32.2 Å². The first kappa shape index (κ1) is 13.6. The minimum Gasteiger partial charge on any atom is -0.382 e. The van der Waals surface area contributed by atoms with Gasteiger partial charge >= 0.3 is 0 Å². The zero-order chi connectivity index (χ0) is 12.7. The highest BCUT2D eigenvalue weighted by atomic mass is 19.1. The lowest BCUT2D eigenvalue weighted by Crippen LogP contribution is -2.20. The topological polar surface area (TPSA) is 47.6 Å². The van der Waals surface area contributed by atoms with Crippen molar-refractivity contribution in [2.45, 2.75) is 6.92 Å². The summed E-state index contributed by atoms with van der Waals surface area (Å²) in [6.07, 6.45) is 0. The Bertz CT molecular complexity index is 382. The normalized spacial score (nSPS) is 10.3. The van der Waals surface area contributed by atoms with Gasteiger partial charge in [-0.1, -0.05) is 6.07 Å².